The number of anilines is 1. The second-order valence-corrected chi connectivity index (χ2v) is 5.54. The zero-order valence-corrected chi connectivity index (χ0v) is 14.1. The number of phenols is 1. The van der Waals surface area contributed by atoms with E-state index in [0.717, 1.165) is 0 Å². The van der Waals surface area contributed by atoms with Crippen LogP contribution >= 0.6 is 0 Å². The number of nitriles is 2. The molecule has 1 aromatic carbocycles. The van der Waals surface area contributed by atoms with Crippen molar-refractivity contribution < 1.29 is 9.84 Å². The van der Waals surface area contributed by atoms with Crippen molar-refractivity contribution in [2.75, 3.05) is 12.8 Å². The van der Waals surface area contributed by atoms with E-state index in [-0.39, 0.29) is 33.8 Å². The lowest BCUT2D eigenvalue weighted by molar-refractivity contribution is 0.398. The molecule has 4 N–H and O–H groups in total. The van der Waals surface area contributed by atoms with Crippen molar-refractivity contribution in [1.29, 1.82) is 10.5 Å². The molecule has 0 fully saturated rings. The summed E-state index contributed by atoms with van der Waals surface area (Å²) >= 11 is 0. The Hall–Kier alpha value is -4.30. The van der Waals surface area contributed by atoms with Crippen LogP contribution in [0.1, 0.15) is 11.1 Å². The van der Waals surface area contributed by atoms with Gasteiger partial charge in [0.05, 0.1) is 7.11 Å². The predicted octanol–water partition coefficient (Wildman–Crippen LogP) is 2.14. The number of aromatic hydroxyl groups is 1. The average molecular weight is 359 g/mol. The van der Waals surface area contributed by atoms with E-state index in [2.05, 4.69) is 9.97 Å². The van der Waals surface area contributed by atoms with Crippen molar-refractivity contribution in [3.63, 3.8) is 0 Å². The van der Waals surface area contributed by atoms with Gasteiger partial charge in [0.2, 0.25) is 5.88 Å². The molecule has 8 nitrogen and oxygen atoms in total. The van der Waals surface area contributed by atoms with Gasteiger partial charge >= 0.3 is 0 Å². The Morgan fingerprint density at radius 3 is 2.44 bits per heavy atom. The second-order valence-electron chi connectivity index (χ2n) is 5.54. The van der Waals surface area contributed by atoms with Crippen LogP contribution in [0.5, 0.6) is 11.6 Å². The number of hydrogen-bond donors (Lipinski definition) is 3. The molecule has 0 unspecified atom stereocenters. The van der Waals surface area contributed by atoms with Gasteiger partial charge in [-0.2, -0.15) is 10.5 Å². The number of methoxy groups -OCH3 is 1. The van der Waals surface area contributed by atoms with E-state index in [1.807, 2.05) is 6.07 Å². The van der Waals surface area contributed by atoms with Crippen LogP contribution in [0, 0.1) is 22.7 Å². The number of ether oxygens (including phenoxy) is 1. The van der Waals surface area contributed by atoms with E-state index in [1.54, 1.807) is 36.5 Å². The molecule has 0 amide bonds. The molecule has 27 heavy (non-hydrogen) atoms. The Bertz CT molecular complexity index is 1170. The summed E-state index contributed by atoms with van der Waals surface area (Å²) in [6, 6.07) is 11.7. The fourth-order valence-corrected chi connectivity index (χ4v) is 2.70. The summed E-state index contributed by atoms with van der Waals surface area (Å²) in [4.78, 5) is 18.5. The van der Waals surface area contributed by atoms with Gasteiger partial charge in [0.1, 0.15) is 34.8 Å². The topological polar surface area (TPSA) is 149 Å². The zero-order chi connectivity index (χ0) is 19.6. The van der Waals surface area contributed by atoms with Crippen LogP contribution in [0.15, 0.2) is 41.3 Å². The highest BCUT2D eigenvalue weighted by atomic mass is 16.5. The monoisotopic (exact) mass is 359 g/mol. The van der Waals surface area contributed by atoms with Gasteiger partial charge in [0, 0.05) is 29.0 Å². The molecule has 0 aliphatic carbocycles. The van der Waals surface area contributed by atoms with E-state index in [9.17, 15) is 20.4 Å². The molecule has 0 bridgehead atoms. The molecule has 2 aromatic heterocycles. The van der Waals surface area contributed by atoms with Crippen LogP contribution in [-0.2, 0) is 0 Å². The Labute approximate surface area is 153 Å². The van der Waals surface area contributed by atoms with Crippen LogP contribution in [0.2, 0.25) is 0 Å². The van der Waals surface area contributed by atoms with E-state index in [1.165, 1.54) is 13.2 Å². The van der Waals surface area contributed by atoms with Crippen molar-refractivity contribution in [3.05, 3.63) is 58.0 Å². The number of aromatic nitrogens is 2. The number of H-pyrrole nitrogens is 1. The molecule has 8 heteroatoms. The molecule has 0 atom stereocenters. The maximum atomic E-state index is 12.1. The molecular weight excluding hydrogens is 346 g/mol. The first-order valence-corrected chi connectivity index (χ1v) is 7.70. The molecule has 0 spiro atoms. The van der Waals surface area contributed by atoms with E-state index in [0.29, 0.717) is 17.0 Å². The van der Waals surface area contributed by atoms with Crippen LogP contribution in [0.4, 0.5) is 5.82 Å². The Kier molecular flexibility index (Phi) is 4.48. The third kappa shape index (κ3) is 3.03. The molecule has 0 radical (unpaired) electrons. The second kappa shape index (κ2) is 6.90. The molecule has 132 valence electrons. The summed E-state index contributed by atoms with van der Waals surface area (Å²) in [7, 11) is 1.50. The summed E-state index contributed by atoms with van der Waals surface area (Å²) < 4.78 is 5.03. The van der Waals surface area contributed by atoms with Gasteiger partial charge in [0.15, 0.2) is 0 Å². The first kappa shape index (κ1) is 17.5. The number of nitrogen functional groups attached to an aromatic ring is 1. The highest BCUT2D eigenvalue weighted by Gasteiger charge is 2.21. The highest BCUT2D eigenvalue weighted by molar-refractivity contribution is 5.86. The number of nitrogens with zero attached hydrogens (tertiary/aromatic N) is 3. The lowest BCUT2D eigenvalue weighted by Crippen LogP contribution is -2.16. The lowest BCUT2D eigenvalue weighted by Gasteiger charge is -2.12. The van der Waals surface area contributed by atoms with Crippen molar-refractivity contribution in [1.82, 2.24) is 9.97 Å². The SMILES string of the molecule is COc1ccc(-c2ccc(O)c(-c3c(C#N)c(N)[nH]c(=O)c3C#N)c2)cn1. The van der Waals surface area contributed by atoms with Gasteiger partial charge < -0.3 is 20.6 Å². The minimum absolute atomic E-state index is 0.0120. The van der Waals surface area contributed by atoms with Crippen LogP contribution in [-0.4, -0.2) is 22.2 Å². The number of hydrogen-bond acceptors (Lipinski definition) is 7. The van der Waals surface area contributed by atoms with Crippen LogP contribution < -0.4 is 16.0 Å². The quantitative estimate of drug-likeness (QED) is 0.648. The van der Waals surface area contributed by atoms with Crippen molar-refractivity contribution in [2.24, 2.45) is 0 Å². The van der Waals surface area contributed by atoms with E-state index < -0.39 is 5.56 Å². The summed E-state index contributed by atoms with van der Waals surface area (Å²) in [5.41, 5.74) is 6.11. The number of rotatable bonds is 3. The zero-order valence-electron chi connectivity index (χ0n) is 14.1. The van der Waals surface area contributed by atoms with Crippen LogP contribution in [0.3, 0.4) is 0 Å². The molecule has 3 aromatic rings. The fourth-order valence-electron chi connectivity index (χ4n) is 2.70. The number of aromatic amines is 1. The molecule has 0 aliphatic rings. The summed E-state index contributed by atoms with van der Waals surface area (Å²) in [6.45, 7) is 0. The maximum absolute atomic E-state index is 12.1. The highest BCUT2D eigenvalue weighted by Crippen LogP contribution is 2.37. The summed E-state index contributed by atoms with van der Waals surface area (Å²) in [5.74, 6) is 0.0734. The predicted molar refractivity (Wildman–Crippen MR) is 97.8 cm³/mol. The third-order valence-corrected chi connectivity index (χ3v) is 4.01. The van der Waals surface area contributed by atoms with Gasteiger partial charge in [-0.15, -0.1) is 0 Å². The standard InChI is InChI=1S/C19H13N5O3/c1-27-16-5-3-11(9-23-16)10-2-4-15(25)12(6-10)17-13(7-20)18(22)24-19(26)14(17)8-21/h2-6,9,25H,1H3,(H3,22,24,26). The van der Waals surface area contributed by atoms with Gasteiger partial charge in [-0.1, -0.05) is 6.07 Å². The molecule has 0 saturated carbocycles. The van der Waals surface area contributed by atoms with Gasteiger partial charge in [-0.3, -0.25) is 4.79 Å². The summed E-state index contributed by atoms with van der Waals surface area (Å²) in [6.07, 6.45) is 1.58. The number of benzene rings is 1. The third-order valence-electron chi connectivity index (χ3n) is 4.01. The first-order valence-electron chi connectivity index (χ1n) is 7.70. The average Bonchev–Trinajstić information content (AvgIpc) is 2.68. The molecule has 3 rings (SSSR count). The lowest BCUT2D eigenvalue weighted by atomic mass is 9.93. The number of pyridine rings is 2. The summed E-state index contributed by atoms with van der Waals surface area (Å²) in [5, 5.41) is 29.2. The van der Waals surface area contributed by atoms with Crippen LogP contribution in [0.25, 0.3) is 22.3 Å². The smallest absolute Gasteiger partial charge is 0.268 e. The molecular formula is C19H13N5O3. The van der Waals surface area contributed by atoms with Crippen molar-refractivity contribution >= 4 is 5.82 Å². The minimum Gasteiger partial charge on any atom is -0.507 e. The molecule has 0 saturated heterocycles. The first-order chi connectivity index (χ1) is 13.0. The van der Waals surface area contributed by atoms with Gasteiger partial charge in [0.25, 0.3) is 5.56 Å². The maximum Gasteiger partial charge on any atom is 0.268 e. The Morgan fingerprint density at radius 2 is 1.85 bits per heavy atom. The van der Waals surface area contributed by atoms with Crippen molar-refractivity contribution in [2.45, 2.75) is 0 Å². The fraction of sp³-hybridized carbons (Fsp3) is 0.0526. The number of nitrogens with one attached hydrogen (secondary N) is 1. The van der Waals surface area contributed by atoms with E-state index >= 15 is 0 Å². The molecule has 2 heterocycles. The number of nitrogens with two attached hydrogens (primary N) is 1. The van der Waals surface area contributed by atoms with Gasteiger partial charge in [-0.25, -0.2) is 4.98 Å². The Balaban J connectivity index is 2.29. The largest absolute Gasteiger partial charge is 0.507 e. The van der Waals surface area contributed by atoms with Crippen molar-refractivity contribution in [3.8, 4) is 46.0 Å². The normalized spacial score (nSPS) is 10.0. The van der Waals surface area contributed by atoms with Gasteiger partial charge in [-0.05, 0) is 23.8 Å². The Morgan fingerprint density at radius 1 is 1.15 bits per heavy atom. The van der Waals surface area contributed by atoms with E-state index in [4.69, 9.17) is 10.5 Å². The molecule has 0 aliphatic heterocycles. The number of phenolic OH excluding ortho intramolecular Hbond substituents is 1. The minimum atomic E-state index is -0.736.